The molecule has 3 aliphatic rings. The van der Waals surface area contributed by atoms with E-state index < -0.39 is 34.8 Å². The van der Waals surface area contributed by atoms with Crippen LogP contribution in [0.15, 0.2) is 85.9 Å². The molecule has 5 N–H and O–H groups in total. The van der Waals surface area contributed by atoms with Crippen molar-refractivity contribution in [2.75, 3.05) is 49.4 Å². The number of rotatable bonds is 9. The van der Waals surface area contributed by atoms with Gasteiger partial charge in [-0.3, -0.25) is 33.5 Å². The number of aromatic amines is 2. The normalized spacial score (nSPS) is 19.3. The number of H-pyrrole nitrogens is 2. The Kier molecular flexibility index (Phi) is 16.4. The highest BCUT2D eigenvalue weighted by Crippen LogP contribution is 2.30. The number of fused-ring (bicyclic) bond motifs is 3. The lowest BCUT2D eigenvalue weighted by molar-refractivity contribution is -1.13. The van der Waals surface area contributed by atoms with Crippen LogP contribution in [-0.2, 0) is 4.79 Å². The van der Waals surface area contributed by atoms with Gasteiger partial charge in [0.1, 0.15) is 37.8 Å². The third-order valence-corrected chi connectivity index (χ3v) is 9.86. The van der Waals surface area contributed by atoms with Crippen molar-refractivity contribution in [2.45, 2.75) is 72.6 Å². The fourth-order valence-electron chi connectivity index (χ4n) is 6.10. The predicted molar refractivity (Wildman–Crippen MR) is 215 cm³/mol. The van der Waals surface area contributed by atoms with Gasteiger partial charge in [0.25, 0.3) is 17.1 Å². The molecule has 2 bridgehead atoms. The number of halogens is 3. The summed E-state index contributed by atoms with van der Waals surface area (Å²) < 4.78 is 30.2. The van der Waals surface area contributed by atoms with Gasteiger partial charge in [-0.2, -0.15) is 4.39 Å². The second kappa shape index (κ2) is 20.2. The first-order valence-electron chi connectivity index (χ1n) is 18.4. The Balaban J connectivity index is 0.000000223. The number of quaternary nitrogens is 2. The minimum absolute atomic E-state index is 0.00106. The summed E-state index contributed by atoms with van der Waals surface area (Å²) in [5, 5.41) is 13.4. The maximum Gasteiger partial charge on any atom is 0.330 e. The average molecular weight is 804 g/mol. The zero-order chi connectivity index (χ0) is 41.8. The van der Waals surface area contributed by atoms with Gasteiger partial charge in [0.2, 0.25) is 5.82 Å². The van der Waals surface area contributed by atoms with Crippen LogP contribution in [0.1, 0.15) is 83.8 Å². The quantitative estimate of drug-likeness (QED) is 0.0472. The molecule has 0 radical (unpaired) electrons. The highest BCUT2D eigenvalue weighted by Gasteiger charge is 2.44. The number of anilines is 2. The topological polar surface area (TPSA) is 171 Å². The second-order valence-corrected chi connectivity index (χ2v) is 14.6. The highest BCUT2D eigenvalue weighted by atomic mass is 35.5. The summed E-state index contributed by atoms with van der Waals surface area (Å²) in [5.74, 6) is -1.56. The Morgan fingerprint density at radius 3 is 1.70 bits per heavy atom. The Morgan fingerprint density at radius 2 is 1.29 bits per heavy atom. The molecule has 3 saturated heterocycles. The van der Waals surface area contributed by atoms with Crippen LogP contribution < -0.4 is 33.1 Å². The largest absolute Gasteiger partial charge is 0.481 e. The fourth-order valence-corrected chi connectivity index (χ4v) is 6.44. The number of carboxylic acids is 1. The first-order valence-corrected chi connectivity index (χ1v) is 18.9. The molecular formula is C39H54ClF2N8O6+. The van der Waals surface area contributed by atoms with E-state index in [-0.39, 0.29) is 34.2 Å². The Bertz CT molecular complexity index is 2060. The van der Waals surface area contributed by atoms with E-state index in [1.165, 1.54) is 10.6 Å². The standard InChI is InChI=1S/C15H18FN3O2.C15H19N3O2.C7H13ClFN2.C2H4O2/c1-9(2)19-14(20)12(16)13(18-15(19)21)17-10(3)11-7-5-4-6-8-11;1-10(2)18-14(19)9-13(17-15(18)20)16-11(3)12-7-5-4-6-8-12;8-7-10-1-4-11(9,5-2-10)6-3-10;1-2(3)4/h4-10,17H,1-3H3,(H,18,21);4-11,16H,1-3H3,(H,17,20);4H,1-3,5-7H2;1H3,(H,3,4)/q;;+1;/t10-;11-;;/m00../s1. The van der Waals surface area contributed by atoms with E-state index >= 15 is 0 Å². The smallest absolute Gasteiger partial charge is 0.330 e. The monoisotopic (exact) mass is 803 g/mol. The molecule has 56 heavy (non-hydrogen) atoms. The third kappa shape index (κ3) is 12.5. The summed E-state index contributed by atoms with van der Waals surface area (Å²) >= 11 is 5.83. The Labute approximate surface area is 329 Å². The van der Waals surface area contributed by atoms with Crippen LogP contribution in [0.5, 0.6) is 0 Å². The van der Waals surface area contributed by atoms with Crippen molar-refractivity contribution in [1.82, 2.24) is 19.1 Å². The van der Waals surface area contributed by atoms with Crippen LogP contribution in [-0.4, -0.2) is 78.1 Å². The molecule has 2 atom stereocenters. The van der Waals surface area contributed by atoms with Crippen molar-refractivity contribution in [3.63, 3.8) is 0 Å². The molecule has 0 spiro atoms. The first kappa shape index (κ1) is 45.3. The average Bonchev–Trinajstić information content (AvgIpc) is 3.14. The summed E-state index contributed by atoms with van der Waals surface area (Å²) in [7, 11) is 0. The Hall–Kier alpha value is -5.06. The van der Waals surface area contributed by atoms with Crippen LogP contribution >= 0.6 is 11.6 Å². The molecule has 2 aromatic carbocycles. The van der Waals surface area contributed by atoms with Gasteiger partial charge >= 0.3 is 11.4 Å². The summed E-state index contributed by atoms with van der Waals surface area (Å²) in [4.78, 5) is 61.7. The van der Waals surface area contributed by atoms with Crippen molar-refractivity contribution in [3.05, 3.63) is 132 Å². The summed E-state index contributed by atoms with van der Waals surface area (Å²) in [6.07, 6.45) is 0. The third-order valence-electron chi connectivity index (χ3n) is 9.35. The highest BCUT2D eigenvalue weighted by molar-refractivity contribution is 6.17. The lowest BCUT2D eigenvalue weighted by Gasteiger charge is -2.54. The maximum absolute atomic E-state index is 14.1. The number of aromatic nitrogens is 4. The Morgan fingerprint density at radius 1 is 0.821 bits per heavy atom. The summed E-state index contributed by atoms with van der Waals surface area (Å²) in [6.45, 7) is 17.4. The van der Waals surface area contributed by atoms with E-state index in [0.29, 0.717) is 24.9 Å². The molecule has 2 aromatic heterocycles. The molecule has 0 aliphatic carbocycles. The number of hydrogen-bond acceptors (Lipinski definition) is 7. The van der Waals surface area contributed by atoms with E-state index in [0.717, 1.165) is 46.7 Å². The van der Waals surface area contributed by atoms with E-state index in [2.05, 4.69) is 20.6 Å². The number of carbonyl (C=O) groups is 1. The van der Waals surface area contributed by atoms with Gasteiger partial charge in [0.05, 0.1) is 0 Å². The fraction of sp³-hybridized carbons (Fsp3) is 0.436. The number of piperazine rings is 3. The van der Waals surface area contributed by atoms with Crippen molar-refractivity contribution in [2.24, 2.45) is 0 Å². The van der Waals surface area contributed by atoms with Gasteiger partial charge < -0.3 is 20.2 Å². The molecule has 17 heteroatoms. The minimum atomic E-state index is -0.980. The number of hydrogen-bond donors (Lipinski definition) is 5. The van der Waals surface area contributed by atoms with E-state index in [9.17, 15) is 28.0 Å². The molecule has 4 aromatic rings. The van der Waals surface area contributed by atoms with Crippen LogP contribution in [0.25, 0.3) is 0 Å². The van der Waals surface area contributed by atoms with E-state index in [1.807, 2.05) is 74.5 Å². The van der Waals surface area contributed by atoms with Gasteiger partial charge in [0.15, 0.2) is 6.00 Å². The van der Waals surface area contributed by atoms with Crippen molar-refractivity contribution >= 4 is 29.2 Å². The molecule has 14 nitrogen and oxygen atoms in total. The molecule has 7 rings (SSSR count). The first-order chi connectivity index (χ1) is 26.3. The van der Waals surface area contributed by atoms with Crippen LogP contribution in [0.3, 0.4) is 0 Å². The van der Waals surface area contributed by atoms with Crippen LogP contribution in [0, 0.1) is 12.4 Å². The zero-order valence-corrected chi connectivity index (χ0v) is 33.6. The maximum atomic E-state index is 14.1. The zero-order valence-electron chi connectivity index (χ0n) is 32.9. The number of nitrogens with zero attached hydrogens (tertiary/aromatic N) is 4. The molecular weight excluding hydrogens is 750 g/mol. The molecule has 3 fully saturated rings. The molecule has 5 heterocycles. The van der Waals surface area contributed by atoms with Crippen LogP contribution in [0.2, 0.25) is 0 Å². The minimum Gasteiger partial charge on any atom is -0.481 e. The number of carboxylic acid groups (broad SMARTS) is 1. The van der Waals surface area contributed by atoms with Gasteiger partial charge in [-0.15, -0.1) is 0 Å². The van der Waals surface area contributed by atoms with Gasteiger partial charge in [-0.25, -0.2) is 14.3 Å². The molecule has 306 valence electrons. The number of aliphatic carboxylic acids is 1. The molecule has 0 amide bonds. The van der Waals surface area contributed by atoms with Crippen molar-refractivity contribution in [1.29, 1.82) is 0 Å². The molecule has 0 unspecified atom stereocenters. The lowest BCUT2D eigenvalue weighted by Crippen LogP contribution is -2.69. The SMILES string of the molecule is CC(=O)O.CC(C)n1c(=O)[nH]c(N[C@@H](C)c2ccccc2)c(F)c1=O.CC(C)n1c(=O)cc(N[C@@H](C)c2ccccc2)[nH]c1=O.F[N+]12[CH-]C[N+](CCl)(CC1)CC2. The number of benzene rings is 2. The van der Waals surface area contributed by atoms with E-state index in [1.54, 1.807) is 34.2 Å². The number of alkyl halides is 1. The van der Waals surface area contributed by atoms with Gasteiger partial charge in [0, 0.05) is 43.7 Å². The van der Waals surface area contributed by atoms with Crippen molar-refractivity contribution < 1.29 is 28.0 Å². The number of nitrogens with one attached hydrogen (secondary N) is 4. The van der Waals surface area contributed by atoms with Gasteiger partial charge in [-0.1, -0.05) is 72.3 Å². The summed E-state index contributed by atoms with van der Waals surface area (Å²) in [6, 6.07) is 20.4. The lowest BCUT2D eigenvalue weighted by atomic mass is 10.1. The van der Waals surface area contributed by atoms with E-state index in [4.69, 9.17) is 21.5 Å². The van der Waals surface area contributed by atoms with Gasteiger partial charge in [-0.05, 0) is 63.7 Å². The van der Waals surface area contributed by atoms with Crippen molar-refractivity contribution in [3.8, 4) is 0 Å². The molecule has 3 aliphatic heterocycles. The molecule has 0 saturated carbocycles. The summed E-state index contributed by atoms with van der Waals surface area (Å²) in [5.41, 5.74) is -0.232. The van der Waals surface area contributed by atoms with Crippen LogP contribution in [0.4, 0.5) is 20.5 Å². The predicted octanol–water partition coefficient (Wildman–Crippen LogP) is 5.70. The second-order valence-electron chi connectivity index (χ2n) is 14.4.